The second-order valence-electron chi connectivity index (χ2n) is 5.19. The van der Waals surface area contributed by atoms with Crippen LogP contribution in [0.15, 0.2) is 22.9 Å². The largest absolute Gasteiger partial charge is 0.467 e. The minimum atomic E-state index is -0.719. The van der Waals surface area contributed by atoms with Crippen LogP contribution in [0.5, 0.6) is 0 Å². The van der Waals surface area contributed by atoms with Crippen molar-refractivity contribution >= 4 is 27.8 Å². The fraction of sp³-hybridized carbons (Fsp3) is 0.462. The van der Waals surface area contributed by atoms with Gasteiger partial charge in [0.05, 0.1) is 12.7 Å². The molecule has 1 amide bonds. The van der Waals surface area contributed by atoms with Gasteiger partial charge in [-0.2, -0.15) is 0 Å². The van der Waals surface area contributed by atoms with Gasteiger partial charge < -0.3 is 10.1 Å². The third-order valence-electron chi connectivity index (χ3n) is 2.55. The number of pyridine rings is 1. The molecule has 0 spiro atoms. The van der Waals surface area contributed by atoms with E-state index < -0.39 is 17.4 Å². The fourth-order valence-corrected chi connectivity index (χ4v) is 1.86. The zero-order valence-electron chi connectivity index (χ0n) is 11.4. The van der Waals surface area contributed by atoms with Crippen LogP contribution in [0.25, 0.3) is 0 Å². The second-order valence-corrected chi connectivity index (χ2v) is 6.10. The molecule has 19 heavy (non-hydrogen) atoms. The van der Waals surface area contributed by atoms with Gasteiger partial charge in [-0.15, -0.1) is 0 Å². The van der Waals surface area contributed by atoms with Gasteiger partial charge in [-0.3, -0.25) is 9.78 Å². The van der Waals surface area contributed by atoms with Crippen molar-refractivity contribution in [2.45, 2.75) is 26.8 Å². The average molecular weight is 329 g/mol. The number of methoxy groups -OCH3 is 1. The molecule has 0 aliphatic heterocycles. The highest BCUT2D eigenvalue weighted by Gasteiger charge is 2.33. The highest BCUT2D eigenvalue weighted by atomic mass is 79.9. The molecule has 6 heteroatoms. The molecule has 104 valence electrons. The molecule has 0 bridgehead atoms. The summed E-state index contributed by atoms with van der Waals surface area (Å²) in [6, 6.07) is 0.920. The first-order chi connectivity index (χ1) is 8.75. The highest BCUT2D eigenvalue weighted by Crippen LogP contribution is 2.21. The van der Waals surface area contributed by atoms with Crippen LogP contribution in [-0.4, -0.2) is 30.0 Å². The van der Waals surface area contributed by atoms with Crippen molar-refractivity contribution < 1.29 is 14.3 Å². The normalized spacial score (nSPS) is 12.7. The van der Waals surface area contributed by atoms with E-state index >= 15 is 0 Å². The predicted molar refractivity (Wildman–Crippen MR) is 74.7 cm³/mol. The molecule has 0 aliphatic rings. The number of carbonyl (C=O) groups is 2. The molecule has 1 rings (SSSR count). The molecule has 0 saturated carbocycles. The van der Waals surface area contributed by atoms with Crippen LogP contribution < -0.4 is 5.32 Å². The fourth-order valence-electron chi connectivity index (χ4n) is 1.50. The number of halogens is 1. The summed E-state index contributed by atoms with van der Waals surface area (Å²) in [5.41, 5.74) is -0.0603. The quantitative estimate of drug-likeness (QED) is 0.863. The van der Waals surface area contributed by atoms with E-state index in [1.807, 2.05) is 20.8 Å². The Morgan fingerprint density at radius 2 is 2.00 bits per heavy atom. The van der Waals surface area contributed by atoms with Crippen LogP contribution in [0.1, 0.15) is 31.1 Å². The monoisotopic (exact) mass is 328 g/mol. The molecule has 0 aliphatic carbocycles. The van der Waals surface area contributed by atoms with Crippen LogP contribution in [0.2, 0.25) is 0 Å². The van der Waals surface area contributed by atoms with E-state index in [2.05, 4.69) is 26.2 Å². The van der Waals surface area contributed by atoms with Crippen LogP contribution in [0.3, 0.4) is 0 Å². The van der Waals surface area contributed by atoms with E-state index in [0.717, 1.165) is 0 Å². The number of hydrogen-bond acceptors (Lipinski definition) is 4. The van der Waals surface area contributed by atoms with Gasteiger partial charge >= 0.3 is 5.97 Å². The van der Waals surface area contributed by atoms with Crippen molar-refractivity contribution in [1.82, 2.24) is 10.3 Å². The molecule has 1 N–H and O–H groups in total. The standard InChI is InChI=1S/C13H17BrN2O3/c1-13(2,3)10(12(18)19-4)16-11(17)8-5-9(14)7-15-6-8/h5-7,10H,1-4H3,(H,16,17)/t10-/m1/s1. The zero-order valence-corrected chi connectivity index (χ0v) is 12.9. The summed E-state index contributed by atoms with van der Waals surface area (Å²) in [7, 11) is 1.30. The number of aromatic nitrogens is 1. The smallest absolute Gasteiger partial charge is 0.328 e. The Morgan fingerprint density at radius 1 is 1.37 bits per heavy atom. The molecule has 0 fully saturated rings. The number of amides is 1. The van der Waals surface area contributed by atoms with Crippen molar-refractivity contribution in [3.63, 3.8) is 0 Å². The first kappa shape index (κ1) is 15.6. The lowest BCUT2D eigenvalue weighted by atomic mass is 9.86. The summed E-state index contributed by atoms with van der Waals surface area (Å²) in [4.78, 5) is 27.7. The van der Waals surface area contributed by atoms with Crippen molar-refractivity contribution in [3.05, 3.63) is 28.5 Å². The van der Waals surface area contributed by atoms with Crippen molar-refractivity contribution in [2.24, 2.45) is 5.41 Å². The molecule has 5 nitrogen and oxygen atoms in total. The summed E-state index contributed by atoms with van der Waals surface area (Å²) < 4.78 is 5.42. The Kier molecular flexibility index (Phi) is 5.05. The third kappa shape index (κ3) is 4.31. The van der Waals surface area contributed by atoms with Gasteiger partial charge in [-0.1, -0.05) is 20.8 Å². The van der Waals surface area contributed by atoms with Gasteiger partial charge in [-0.25, -0.2) is 4.79 Å². The maximum absolute atomic E-state index is 12.1. The lowest BCUT2D eigenvalue weighted by molar-refractivity contribution is -0.145. The van der Waals surface area contributed by atoms with Crippen LogP contribution in [-0.2, 0) is 9.53 Å². The number of rotatable bonds is 3. The molecule has 0 aromatic carbocycles. The highest BCUT2D eigenvalue weighted by molar-refractivity contribution is 9.10. The minimum Gasteiger partial charge on any atom is -0.467 e. The van der Waals surface area contributed by atoms with Gasteiger partial charge in [-0.05, 0) is 27.4 Å². The van der Waals surface area contributed by atoms with Gasteiger partial charge in [0, 0.05) is 16.9 Å². The van der Waals surface area contributed by atoms with Crippen molar-refractivity contribution in [3.8, 4) is 0 Å². The first-order valence-electron chi connectivity index (χ1n) is 5.75. The minimum absolute atomic E-state index is 0.362. The Labute approximate surface area is 120 Å². The van der Waals surface area contributed by atoms with Gasteiger partial charge in [0.1, 0.15) is 6.04 Å². The molecule has 1 heterocycles. The van der Waals surface area contributed by atoms with E-state index in [1.54, 1.807) is 12.3 Å². The number of nitrogens with one attached hydrogen (secondary N) is 1. The summed E-state index contributed by atoms with van der Waals surface area (Å²) in [5.74, 6) is -0.831. The lowest BCUT2D eigenvalue weighted by Gasteiger charge is -2.28. The average Bonchev–Trinajstić information content (AvgIpc) is 2.33. The number of esters is 1. The van der Waals surface area contributed by atoms with E-state index in [0.29, 0.717) is 10.0 Å². The van der Waals surface area contributed by atoms with Crippen LogP contribution in [0, 0.1) is 5.41 Å². The summed E-state index contributed by atoms with van der Waals surface area (Å²) in [6.45, 7) is 5.57. The van der Waals surface area contributed by atoms with Crippen LogP contribution in [0.4, 0.5) is 0 Å². The summed E-state index contributed by atoms with van der Waals surface area (Å²) in [6.07, 6.45) is 3.02. The lowest BCUT2D eigenvalue weighted by Crippen LogP contribution is -2.49. The predicted octanol–water partition coefficient (Wildman–Crippen LogP) is 2.16. The third-order valence-corrected chi connectivity index (χ3v) is 2.98. The number of nitrogens with zero attached hydrogens (tertiary/aromatic N) is 1. The summed E-state index contributed by atoms with van der Waals surface area (Å²) in [5, 5.41) is 2.68. The Hall–Kier alpha value is -1.43. The van der Waals surface area contributed by atoms with E-state index in [4.69, 9.17) is 4.74 Å². The second kappa shape index (κ2) is 6.14. The SMILES string of the molecule is COC(=O)[C@@H](NC(=O)c1cncc(Br)c1)C(C)(C)C. The maximum Gasteiger partial charge on any atom is 0.328 e. The molecule has 1 aromatic rings. The number of hydrogen-bond donors (Lipinski definition) is 1. The van der Waals surface area contributed by atoms with E-state index in [9.17, 15) is 9.59 Å². The molecular weight excluding hydrogens is 312 g/mol. The molecule has 0 radical (unpaired) electrons. The van der Waals surface area contributed by atoms with E-state index in [-0.39, 0.29) is 5.91 Å². The molecular formula is C13H17BrN2O3. The zero-order chi connectivity index (χ0) is 14.6. The molecule has 1 atom stereocenters. The van der Waals surface area contributed by atoms with E-state index in [1.165, 1.54) is 13.3 Å². The topological polar surface area (TPSA) is 68.3 Å². The molecule has 1 aromatic heterocycles. The van der Waals surface area contributed by atoms with Gasteiger partial charge in [0.2, 0.25) is 0 Å². The Bertz CT molecular complexity index is 483. The number of ether oxygens (including phenoxy) is 1. The Balaban J connectivity index is 2.91. The number of carbonyl (C=O) groups excluding carboxylic acids is 2. The molecule has 0 saturated heterocycles. The van der Waals surface area contributed by atoms with Gasteiger partial charge in [0.15, 0.2) is 0 Å². The first-order valence-corrected chi connectivity index (χ1v) is 6.54. The van der Waals surface area contributed by atoms with Crippen LogP contribution >= 0.6 is 15.9 Å². The van der Waals surface area contributed by atoms with Crippen molar-refractivity contribution in [2.75, 3.05) is 7.11 Å². The Morgan fingerprint density at radius 3 is 2.47 bits per heavy atom. The maximum atomic E-state index is 12.1. The van der Waals surface area contributed by atoms with Gasteiger partial charge in [0.25, 0.3) is 5.91 Å². The summed E-state index contributed by atoms with van der Waals surface area (Å²) >= 11 is 3.24. The van der Waals surface area contributed by atoms with Crippen molar-refractivity contribution in [1.29, 1.82) is 0 Å². The molecule has 0 unspecified atom stereocenters.